The van der Waals surface area contributed by atoms with Crippen LogP contribution in [0.2, 0.25) is 0 Å². The molecule has 1 N–H and O–H groups in total. The van der Waals surface area contributed by atoms with E-state index < -0.39 is 4.92 Å². The maximum Gasteiger partial charge on any atom is 0.296 e. The summed E-state index contributed by atoms with van der Waals surface area (Å²) in [6, 6.07) is 12.1. The number of nitrogens with one attached hydrogen (secondary N) is 1. The average Bonchev–Trinajstić information content (AvgIpc) is 2.96. The molecule has 24 heavy (non-hydrogen) atoms. The molecule has 7 nitrogen and oxygen atoms in total. The molecule has 0 radical (unpaired) electrons. The summed E-state index contributed by atoms with van der Waals surface area (Å²) >= 11 is 1.51. The number of para-hydroxylation sites is 1. The van der Waals surface area contributed by atoms with Crippen LogP contribution in [0, 0.1) is 10.1 Å². The molecule has 3 rings (SSSR count). The highest BCUT2D eigenvalue weighted by molar-refractivity contribution is 7.18. The van der Waals surface area contributed by atoms with Gasteiger partial charge in [-0.3, -0.25) is 14.9 Å². The maximum absolute atomic E-state index is 11.1. The van der Waals surface area contributed by atoms with Crippen molar-refractivity contribution in [3.05, 3.63) is 57.6 Å². The summed E-state index contributed by atoms with van der Waals surface area (Å²) < 4.78 is 6.66. The number of hydrogen-bond acceptors (Lipinski definition) is 6. The van der Waals surface area contributed by atoms with Gasteiger partial charge in [0, 0.05) is 6.92 Å². The van der Waals surface area contributed by atoms with Gasteiger partial charge in [-0.1, -0.05) is 12.1 Å². The van der Waals surface area contributed by atoms with Crippen LogP contribution in [-0.2, 0) is 11.4 Å². The molecule has 0 fully saturated rings. The molecule has 0 unspecified atom stereocenters. The van der Waals surface area contributed by atoms with E-state index >= 15 is 0 Å². The Bertz CT molecular complexity index is 890. The van der Waals surface area contributed by atoms with Crippen molar-refractivity contribution in [2.75, 3.05) is 5.32 Å². The Kier molecular flexibility index (Phi) is 4.39. The number of fused-ring (bicyclic) bond motifs is 1. The number of thiazole rings is 1. The minimum Gasteiger partial charge on any atom is -0.486 e. The lowest BCUT2D eigenvalue weighted by Gasteiger charge is -2.07. The predicted molar refractivity (Wildman–Crippen MR) is 91.4 cm³/mol. The number of nitrogens with zero attached hydrogens (tertiary/aromatic N) is 2. The fourth-order valence-corrected chi connectivity index (χ4v) is 3.05. The highest BCUT2D eigenvalue weighted by Gasteiger charge is 2.16. The Morgan fingerprint density at radius 3 is 2.83 bits per heavy atom. The van der Waals surface area contributed by atoms with Gasteiger partial charge in [0.05, 0.1) is 21.2 Å². The largest absolute Gasteiger partial charge is 0.486 e. The quantitative estimate of drug-likeness (QED) is 0.562. The van der Waals surface area contributed by atoms with Gasteiger partial charge in [-0.05, 0) is 24.3 Å². The summed E-state index contributed by atoms with van der Waals surface area (Å²) in [4.78, 5) is 26.1. The number of benzene rings is 2. The first-order chi connectivity index (χ1) is 11.5. The van der Waals surface area contributed by atoms with Crippen molar-refractivity contribution < 1.29 is 14.5 Å². The first-order valence-electron chi connectivity index (χ1n) is 7.06. The molecule has 0 saturated heterocycles. The van der Waals surface area contributed by atoms with Crippen LogP contribution < -0.4 is 10.1 Å². The minimum absolute atomic E-state index is 0.139. The Morgan fingerprint density at radius 1 is 1.33 bits per heavy atom. The standard InChI is InChI=1S/C16H13N3O4S/c1-10(20)17-12-7-6-11(8-14(12)19(21)22)23-9-16-18-13-4-2-3-5-15(13)24-16/h2-8H,9H2,1H3,(H,17,20). The Hall–Kier alpha value is -3.00. The molecular formula is C16H13N3O4S. The molecule has 2 aromatic carbocycles. The van der Waals surface area contributed by atoms with Crippen LogP contribution in [0.3, 0.4) is 0 Å². The van der Waals surface area contributed by atoms with E-state index in [4.69, 9.17) is 4.74 Å². The third kappa shape index (κ3) is 3.49. The van der Waals surface area contributed by atoms with E-state index in [9.17, 15) is 14.9 Å². The van der Waals surface area contributed by atoms with Gasteiger partial charge in [-0.15, -0.1) is 11.3 Å². The topological polar surface area (TPSA) is 94.4 Å². The zero-order chi connectivity index (χ0) is 17.1. The van der Waals surface area contributed by atoms with Gasteiger partial charge in [0.1, 0.15) is 23.1 Å². The number of anilines is 1. The van der Waals surface area contributed by atoms with Crippen molar-refractivity contribution in [2.45, 2.75) is 13.5 Å². The fraction of sp³-hybridized carbons (Fsp3) is 0.125. The number of rotatable bonds is 5. The second-order valence-corrected chi connectivity index (χ2v) is 6.10. The molecule has 0 bridgehead atoms. The second kappa shape index (κ2) is 6.63. The second-order valence-electron chi connectivity index (χ2n) is 4.98. The lowest BCUT2D eigenvalue weighted by atomic mass is 10.2. The molecule has 0 spiro atoms. The number of ether oxygens (including phenoxy) is 1. The number of carbonyl (C=O) groups excluding carboxylic acids is 1. The van der Waals surface area contributed by atoms with E-state index in [1.807, 2.05) is 24.3 Å². The van der Waals surface area contributed by atoms with E-state index in [0.29, 0.717) is 5.75 Å². The molecule has 122 valence electrons. The van der Waals surface area contributed by atoms with Gasteiger partial charge in [0.25, 0.3) is 5.69 Å². The van der Waals surface area contributed by atoms with Gasteiger partial charge >= 0.3 is 0 Å². The van der Waals surface area contributed by atoms with E-state index in [-0.39, 0.29) is 23.9 Å². The van der Waals surface area contributed by atoms with Crippen LogP contribution in [0.15, 0.2) is 42.5 Å². The Balaban J connectivity index is 1.78. The summed E-state index contributed by atoms with van der Waals surface area (Å²) in [6.07, 6.45) is 0. The van der Waals surface area contributed by atoms with Gasteiger partial charge < -0.3 is 10.1 Å². The summed E-state index contributed by atoms with van der Waals surface area (Å²) in [5.74, 6) is -0.0312. The van der Waals surface area contributed by atoms with E-state index in [1.165, 1.54) is 30.4 Å². The maximum atomic E-state index is 11.1. The summed E-state index contributed by atoms with van der Waals surface area (Å²) in [7, 11) is 0. The molecule has 0 aliphatic rings. The van der Waals surface area contributed by atoms with Crippen LogP contribution >= 0.6 is 11.3 Å². The summed E-state index contributed by atoms with van der Waals surface area (Å²) in [5, 5.41) is 14.3. The van der Waals surface area contributed by atoms with Crippen LogP contribution in [0.25, 0.3) is 10.2 Å². The SMILES string of the molecule is CC(=O)Nc1ccc(OCc2nc3ccccc3s2)cc1[N+](=O)[O-]. The third-order valence-electron chi connectivity index (χ3n) is 3.18. The molecule has 1 aromatic heterocycles. The van der Waals surface area contributed by atoms with Crippen molar-refractivity contribution in [3.8, 4) is 5.75 Å². The van der Waals surface area contributed by atoms with Gasteiger partial charge in [0.15, 0.2) is 0 Å². The highest BCUT2D eigenvalue weighted by atomic mass is 32.1. The van der Waals surface area contributed by atoms with Crippen molar-refractivity contribution in [3.63, 3.8) is 0 Å². The molecular weight excluding hydrogens is 330 g/mol. The first-order valence-corrected chi connectivity index (χ1v) is 7.88. The van der Waals surface area contributed by atoms with Crippen molar-refractivity contribution in [1.29, 1.82) is 0 Å². The van der Waals surface area contributed by atoms with Crippen molar-refractivity contribution in [2.24, 2.45) is 0 Å². The minimum atomic E-state index is -0.560. The Labute approximate surface area is 141 Å². The molecule has 0 aliphatic heterocycles. The lowest BCUT2D eigenvalue weighted by Crippen LogP contribution is -2.08. The highest BCUT2D eigenvalue weighted by Crippen LogP contribution is 2.30. The fourth-order valence-electron chi connectivity index (χ4n) is 2.17. The zero-order valence-electron chi connectivity index (χ0n) is 12.7. The van der Waals surface area contributed by atoms with Crippen LogP contribution in [0.1, 0.15) is 11.9 Å². The van der Waals surface area contributed by atoms with Gasteiger partial charge in [-0.2, -0.15) is 0 Å². The lowest BCUT2D eigenvalue weighted by molar-refractivity contribution is -0.384. The molecule has 0 aliphatic carbocycles. The van der Waals surface area contributed by atoms with E-state index in [0.717, 1.165) is 15.2 Å². The molecule has 3 aromatic rings. The predicted octanol–water partition coefficient (Wildman–Crippen LogP) is 3.74. The average molecular weight is 343 g/mol. The van der Waals surface area contributed by atoms with E-state index in [2.05, 4.69) is 10.3 Å². The third-order valence-corrected chi connectivity index (χ3v) is 4.19. The number of nitro benzene ring substituents is 1. The van der Waals surface area contributed by atoms with Crippen LogP contribution in [0.5, 0.6) is 5.75 Å². The monoisotopic (exact) mass is 343 g/mol. The smallest absolute Gasteiger partial charge is 0.296 e. The molecule has 0 atom stereocenters. The normalized spacial score (nSPS) is 10.5. The van der Waals surface area contributed by atoms with Gasteiger partial charge in [0.2, 0.25) is 5.91 Å². The molecule has 0 saturated carbocycles. The Morgan fingerprint density at radius 2 is 2.12 bits per heavy atom. The first kappa shape index (κ1) is 15.9. The number of nitro groups is 1. The van der Waals surface area contributed by atoms with Crippen LogP contribution in [0.4, 0.5) is 11.4 Å². The molecule has 8 heteroatoms. The number of aromatic nitrogens is 1. The van der Waals surface area contributed by atoms with Gasteiger partial charge in [-0.25, -0.2) is 4.98 Å². The van der Waals surface area contributed by atoms with Crippen LogP contribution in [-0.4, -0.2) is 15.8 Å². The van der Waals surface area contributed by atoms with E-state index in [1.54, 1.807) is 6.07 Å². The van der Waals surface area contributed by atoms with Crippen molar-refractivity contribution in [1.82, 2.24) is 4.98 Å². The van der Waals surface area contributed by atoms with Crippen molar-refractivity contribution >= 4 is 38.8 Å². The summed E-state index contributed by atoms with van der Waals surface area (Å²) in [6.45, 7) is 1.51. The summed E-state index contributed by atoms with van der Waals surface area (Å²) in [5.41, 5.74) is 0.819. The number of hydrogen-bond donors (Lipinski definition) is 1. The molecule has 1 amide bonds. The zero-order valence-corrected chi connectivity index (χ0v) is 13.5. The molecule has 1 heterocycles. The number of carbonyl (C=O) groups is 1. The number of amides is 1.